The smallest absolute Gasteiger partial charge is 0.338 e. The monoisotopic (exact) mass is 280 g/mol. The molecule has 1 aromatic carbocycles. The molecule has 0 fully saturated rings. The molecule has 0 saturated carbocycles. The summed E-state index contributed by atoms with van der Waals surface area (Å²) in [6.45, 7) is 5.36. The number of amides is 2. The van der Waals surface area contributed by atoms with Gasteiger partial charge in [-0.15, -0.1) is 0 Å². The van der Waals surface area contributed by atoms with Crippen LogP contribution < -0.4 is 5.32 Å². The minimum Gasteiger partial charge on any atom is -0.478 e. The summed E-state index contributed by atoms with van der Waals surface area (Å²) in [5.41, 5.74) is 0.910. The van der Waals surface area contributed by atoms with E-state index in [1.165, 1.54) is 4.90 Å². The van der Waals surface area contributed by atoms with Crippen LogP contribution in [0.3, 0.4) is 0 Å². The molecule has 1 rings (SSSR count). The summed E-state index contributed by atoms with van der Waals surface area (Å²) < 4.78 is 0. The van der Waals surface area contributed by atoms with Crippen LogP contribution in [0, 0.1) is 6.92 Å². The van der Waals surface area contributed by atoms with Crippen molar-refractivity contribution in [3.63, 3.8) is 0 Å². The van der Waals surface area contributed by atoms with Crippen LogP contribution in [0.25, 0.3) is 0 Å². The summed E-state index contributed by atoms with van der Waals surface area (Å²) in [5.74, 6) is -1.09. The summed E-state index contributed by atoms with van der Waals surface area (Å²) in [6.07, 6.45) is 0. The zero-order valence-corrected chi connectivity index (χ0v) is 11.9. The lowest BCUT2D eigenvalue weighted by molar-refractivity contribution is 0.0697. The molecule has 0 aliphatic carbocycles. The number of carboxylic acids is 1. The van der Waals surface area contributed by atoms with Gasteiger partial charge in [0.1, 0.15) is 0 Å². The summed E-state index contributed by atoms with van der Waals surface area (Å²) in [5, 5.41) is 20.8. The number of carbonyl (C=O) groups is 2. The van der Waals surface area contributed by atoms with Gasteiger partial charge in [-0.1, -0.05) is 12.1 Å². The van der Waals surface area contributed by atoms with E-state index in [9.17, 15) is 14.7 Å². The fourth-order valence-electron chi connectivity index (χ4n) is 1.94. The van der Waals surface area contributed by atoms with Gasteiger partial charge in [-0.05, 0) is 32.4 Å². The van der Waals surface area contributed by atoms with Crippen molar-refractivity contribution in [2.75, 3.05) is 18.5 Å². The molecule has 0 aliphatic rings. The number of aliphatic hydroxyl groups excluding tert-OH is 1. The first kappa shape index (κ1) is 16.0. The van der Waals surface area contributed by atoms with Crippen LogP contribution in [0.15, 0.2) is 18.2 Å². The van der Waals surface area contributed by atoms with Gasteiger partial charge in [0, 0.05) is 12.6 Å². The van der Waals surface area contributed by atoms with E-state index in [1.54, 1.807) is 25.1 Å². The number of aliphatic hydroxyl groups is 1. The highest BCUT2D eigenvalue weighted by Crippen LogP contribution is 2.20. The lowest BCUT2D eigenvalue weighted by atomic mass is 10.1. The van der Waals surface area contributed by atoms with Crippen molar-refractivity contribution in [1.82, 2.24) is 4.90 Å². The number of benzene rings is 1. The van der Waals surface area contributed by atoms with Crippen molar-refractivity contribution in [3.05, 3.63) is 29.3 Å². The molecule has 1 aromatic rings. The standard InChI is InChI=1S/C14H20N2O4/c1-9(2)16(7-8-17)14(20)15-11-6-4-5-10(3)12(11)13(18)19/h4-6,9,17H,7-8H2,1-3H3,(H,15,20)(H,18,19). The van der Waals surface area contributed by atoms with Gasteiger partial charge in [0.25, 0.3) is 0 Å². The predicted molar refractivity (Wildman–Crippen MR) is 76.1 cm³/mol. The first-order valence-electron chi connectivity index (χ1n) is 6.39. The molecule has 0 spiro atoms. The quantitative estimate of drug-likeness (QED) is 0.768. The Balaban J connectivity index is 3.01. The molecule has 110 valence electrons. The minimum atomic E-state index is -1.09. The number of urea groups is 1. The maximum atomic E-state index is 12.1. The normalized spacial score (nSPS) is 10.4. The lowest BCUT2D eigenvalue weighted by Gasteiger charge is -2.26. The van der Waals surface area contributed by atoms with E-state index in [4.69, 9.17) is 5.11 Å². The van der Waals surface area contributed by atoms with Crippen LogP contribution in [0.4, 0.5) is 10.5 Å². The van der Waals surface area contributed by atoms with Gasteiger partial charge >= 0.3 is 12.0 Å². The average Bonchev–Trinajstić information content (AvgIpc) is 2.34. The van der Waals surface area contributed by atoms with Gasteiger partial charge < -0.3 is 20.4 Å². The second-order valence-electron chi connectivity index (χ2n) is 4.74. The summed E-state index contributed by atoms with van der Waals surface area (Å²) in [4.78, 5) is 24.8. The first-order chi connectivity index (χ1) is 9.38. The summed E-state index contributed by atoms with van der Waals surface area (Å²) >= 11 is 0. The number of anilines is 1. The molecule has 0 heterocycles. The van der Waals surface area contributed by atoms with Crippen LogP contribution in [0.1, 0.15) is 29.8 Å². The number of carbonyl (C=O) groups excluding carboxylic acids is 1. The molecular weight excluding hydrogens is 260 g/mol. The molecule has 0 aliphatic heterocycles. The minimum absolute atomic E-state index is 0.0774. The molecular formula is C14H20N2O4. The fraction of sp³-hybridized carbons (Fsp3) is 0.429. The van der Waals surface area contributed by atoms with Gasteiger partial charge in [-0.3, -0.25) is 0 Å². The third kappa shape index (κ3) is 3.71. The van der Waals surface area contributed by atoms with Crippen LogP contribution in [0.5, 0.6) is 0 Å². The molecule has 0 radical (unpaired) electrons. The second kappa shape index (κ2) is 6.91. The van der Waals surface area contributed by atoms with Crippen LogP contribution in [-0.4, -0.2) is 46.3 Å². The van der Waals surface area contributed by atoms with Gasteiger partial charge in [0.2, 0.25) is 0 Å². The van der Waals surface area contributed by atoms with Crippen molar-refractivity contribution in [2.24, 2.45) is 0 Å². The Morgan fingerprint density at radius 1 is 1.35 bits per heavy atom. The maximum Gasteiger partial charge on any atom is 0.338 e. The molecule has 0 aromatic heterocycles. The molecule has 20 heavy (non-hydrogen) atoms. The maximum absolute atomic E-state index is 12.1. The summed E-state index contributed by atoms with van der Waals surface area (Å²) in [6, 6.07) is 4.38. The largest absolute Gasteiger partial charge is 0.478 e. The number of hydrogen-bond acceptors (Lipinski definition) is 3. The van der Waals surface area contributed by atoms with E-state index in [1.807, 2.05) is 13.8 Å². The van der Waals surface area contributed by atoms with Gasteiger partial charge in [0.05, 0.1) is 17.9 Å². The number of nitrogens with zero attached hydrogens (tertiary/aromatic N) is 1. The van der Waals surface area contributed by atoms with E-state index in [0.29, 0.717) is 5.56 Å². The predicted octanol–water partition coefficient (Wildman–Crippen LogP) is 1.93. The van der Waals surface area contributed by atoms with Crippen molar-refractivity contribution >= 4 is 17.7 Å². The van der Waals surface area contributed by atoms with E-state index >= 15 is 0 Å². The zero-order chi connectivity index (χ0) is 15.3. The van der Waals surface area contributed by atoms with Gasteiger partial charge in [0.15, 0.2) is 0 Å². The molecule has 6 heteroatoms. The number of aryl methyl sites for hydroxylation is 1. The number of rotatable bonds is 5. The molecule has 2 amide bonds. The third-order valence-corrected chi connectivity index (χ3v) is 2.95. The zero-order valence-electron chi connectivity index (χ0n) is 11.9. The average molecular weight is 280 g/mol. The number of nitrogens with one attached hydrogen (secondary N) is 1. The topological polar surface area (TPSA) is 89.9 Å². The van der Waals surface area contributed by atoms with Crippen molar-refractivity contribution in [1.29, 1.82) is 0 Å². The van der Waals surface area contributed by atoms with Crippen LogP contribution in [-0.2, 0) is 0 Å². The molecule has 0 unspecified atom stereocenters. The highest BCUT2D eigenvalue weighted by molar-refractivity contribution is 6.01. The third-order valence-electron chi connectivity index (χ3n) is 2.95. The molecule has 3 N–H and O–H groups in total. The fourth-order valence-corrected chi connectivity index (χ4v) is 1.94. The molecule has 0 saturated heterocycles. The first-order valence-corrected chi connectivity index (χ1v) is 6.39. The van der Waals surface area contributed by atoms with Crippen molar-refractivity contribution < 1.29 is 19.8 Å². The lowest BCUT2D eigenvalue weighted by Crippen LogP contribution is -2.42. The number of hydrogen-bond donors (Lipinski definition) is 3. The van der Waals surface area contributed by atoms with E-state index in [2.05, 4.69) is 5.32 Å². The number of carboxylic acid groups (broad SMARTS) is 1. The SMILES string of the molecule is Cc1cccc(NC(=O)N(CCO)C(C)C)c1C(=O)O. The Morgan fingerprint density at radius 2 is 2.00 bits per heavy atom. The Bertz CT molecular complexity index is 500. The Hall–Kier alpha value is -2.08. The Kier molecular flexibility index (Phi) is 5.52. The van der Waals surface area contributed by atoms with Crippen LogP contribution >= 0.6 is 0 Å². The molecule has 6 nitrogen and oxygen atoms in total. The van der Waals surface area contributed by atoms with E-state index in [-0.39, 0.29) is 30.4 Å². The Morgan fingerprint density at radius 3 is 2.50 bits per heavy atom. The Labute approximate surface area is 118 Å². The highest BCUT2D eigenvalue weighted by Gasteiger charge is 2.20. The van der Waals surface area contributed by atoms with Crippen molar-refractivity contribution in [3.8, 4) is 0 Å². The van der Waals surface area contributed by atoms with Gasteiger partial charge in [-0.2, -0.15) is 0 Å². The highest BCUT2D eigenvalue weighted by atomic mass is 16.4. The van der Waals surface area contributed by atoms with E-state index in [0.717, 1.165) is 0 Å². The van der Waals surface area contributed by atoms with Crippen molar-refractivity contribution in [2.45, 2.75) is 26.8 Å². The van der Waals surface area contributed by atoms with E-state index < -0.39 is 12.0 Å². The summed E-state index contributed by atoms with van der Waals surface area (Å²) in [7, 11) is 0. The molecule has 0 atom stereocenters. The number of aromatic carboxylic acids is 1. The van der Waals surface area contributed by atoms with Gasteiger partial charge in [-0.25, -0.2) is 9.59 Å². The second-order valence-corrected chi connectivity index (χ2v) is 4.74. The van der Waals surface area contributed by atoms with Crippen LogP contribution in [0.2, 0.25) is 0 Å². The molecule has 0 bridgehead atoms.